The molecule has 3 aromatic rings. The van der Waals surface area contributed by atoms with Gasteiger partial charge in [0.15, 0.2) is 6.29 Å². The fourth-order valence-corrected chi connectivity index (χ4v) is 6.91. The summed E-state index contributed by atoms with van der Waals surface area (Å²) < 4.78 is 52.0. The highest BCUT2D eigenvalue weighted by atomic mass is 19.4. The fraction of sp³-hybridized carbons (Fsp3) is 0.459. The first-order valence-corrected chi connectivity index (χ1v) is 16.8. The third-order valence-corrected chi connectivity index (χ3v) is 9.49. The highest BCUT2D eigenvalue weighted by Gasteiger charge is 2.47. The number of hydrogen-bond donors (Lipinski definition) is 2. The van der Waals surface area contributed by atoms with Crippen LogP contribution in [0.3, 0.4) is 0 Å². The molecular formula is C37H42F3N3O5. The lowest BCUT2D eigenvalue weighted by molar-refractivity contribution is -0.253. The molecule has 8 nitrogen and oxygen atoms in total. The summed E-state index contributed by atoms with van der Waals surface area (Å²) in [4.78, 5) is 27.7. The lowest BCUT2D eigenvalue weighted by Crippen LogP contribution is -2.50. The first kappa shape index (κ1) is 34.1. The maximum absolute atomic E-state index is 13.0. The molecule has 2 amide bonds. The predicted molar refractivity (Wildman–Crippen MR) is 173 cm³/mol. The number of carbonyl (C=O) groups is 2. The largest absolute Gasteiger partial charge is 0.471 e. The van der Waals surface area contributed by atoms with Gasteiger partial charge in [0.2, 0.25) is 5.91 Å². The summed E-state index contributed by atoms with van der Waals surface area (Å²) in [6.07, 6.45) is -0.749. The molecule has 3 fully saturated rings. The molecule has 256 valence electrons. The van der Waals surface area contributed by atoms with Gasteiger partial charge in [-0.25, -0.2) is 0 Å². The van der Waals surface area contributed by atoms with Gasteiger partial charge in [-0.15, -0.1) is 0 Å². The molecule has 3 aliphatic rings. The summed E-state index contributed by atoms with van der Waals surface area (Å²) in [6.45, 7) is 3.04. The second-order valence-corrected chi connectivity index (χ2v) is 12.9. The maximum atomic E-state index is 13.0. The maximum Gasteiger partial charge on any atom is 0.471 e. The lowest BCUT2D eigenvalue weighted by Gasteiger charge is -2.39. The Labute approximate surface area is 278 Å². The minimum Gasteiger partial charge on any atom is -0.392 e. The highest BCUT2D eigenvalue weighted by molar-refractivity contribution is 5.90. The first-order valence-electron chi connectivity index (χ1n) is 16.8. The van der Waals surface area contributed by atoms with E-state index in [0.29, 0.717) is 11.3 Å². The summed E-state index contributed by atoms with van der Waals surface area (Å²) in [5, 5.41) is 12.2. The van der Waals surface area contributed by atoms with Crippen molar-refractivity contribution in [2.24, 2.45) is 0 Å². The van der Waals surface area contributed by atoms with Crippen LogP contribution in [-0.4, -0.2) is 71.2 Å². The average molecular weight is 666 g/mol. The molecule has 4 atom stereocenters. The number of halogens is 3. The first-order chi connectivity index (χ1) is 23.2. The van der Waals surface area contributed by atoms with E-state index >= 15 is 0 Å². The van der Waals surface area contributed by atoms with E-state index in [1.54, 1.807) is 0 Å². The van der Waals surface area contributed by atoms with Crippen LogP contribution >= 0.6 is 0 Å². The van der Waals surface area contributed by atoms with Crippen LogP contribution in [0.25, 0.3) is 11.1 Å². The molecule has 3 aromatic carbocycles. The van der Waals surface area contributed by atoms with E-state index in [9.17, 15) is 27.9 Å². The number of aliphatic hydroxyl groups is 1. The third kappa shape index (κ3) is 8.26. The van der Waals surface area contributed by atoms with Gasteiger partial charge in [-0.1, -0.05) is 73.2 Å². The van der Waals surface area contributed by atoms with Gasteiger partial charge < -0.3 is 29.7 Å². The van der Waals surface area contributed by atoms with Gasteiger partial charge in [0.1, 0.15) is 6.04 Å². The van der Waals surface area contributed by atoms with Crippen molar-refractivity contribution in [3.05, 3.63) is 95.1 Å². The number of benzene rings is 3. The number of alkyl halides is 3. The summed E-state index contributed by atoms with van der Waals surface area (Å²) >= 11 is 0. The summed E-state index contributed by atoms with van der Waals surface area (Å²) in [5.74, 6) is -2.56. The van der Waals surface area contributed by atoms with Gasteiger partial charge in [0, 0.05) is 31.6 Å². The van der Waals surface area contributed by atoms with Crippen LogP contribution in [0.4, 0.5) is 13.2 Å². The van der Waals surface area contributed by atoms with Gasteiger partial charge in [0.05, 0.1) is 18.8 Å². The van der Waals surface area contributed by atoms with Crippen molar-refractivity contribution < 1.29 is 37.3 Å². The molecule has 0 aliphatic carbocycles. The molecule has 0 bridgehead atoms. The quantitative estimate of drug-likeness (QED) is 0.290. The molecule has 0 aromatic heterocycles. The zero-order valence-electron chi connectivity index (χ0n) is 26.8. The topological polar surface area (TPSA) is 91.3 Å². The third-order valence-electron chi connectivity index (χ3n) is 9.49. The number of rotatable bonds is 9. The molecule has 0 spiro atoms. The Bertz CT molecular complexity index is 1540. The Morgan fingerprint density at radius 2 is 1.56 bits per heavy atom. The minimum absolute atomic E-state index is 0.00108. The number of piperidine rings is 1. The van der Waals surface area contributed by atoms with Crippen LogP contribution in [0.5, 0.6) is 0 Å². The van der Waals surface area contributed by atoms with Crippen LogP contribution in [0.2, 0.25) is 0 Å². The Morgan fingerprint density at radius 1 is 0.833 bits per heavy atom. The number of amides is 2. The van der Waals surface area contributed by atoms with Gasteiger partial charge in [-0.2, -0.15) is 13.2 Å². The number of ether oxygens (including phenoxy) is 2. The van der Waals surface area contributed by atoms with Crippen molar-refractivity contribution in [1.29, 1.82) is 0 Å². The molecule has 3 aliphatic heterocycles. The van der Waals surface area contributed by atoms with E-state index in [-0.39, 0.29) is 38.3 Å². The van der Waals surface area contributed by atoms with Crippen molar-refractivity contribution in [2.45, 2.75) is 82.4 Å². The molecular weight excluding hydrogens is 623 g/mol. The van der Waals surface area contributed by atoms with Crippen molar-refractivity contribution in [1.82, 2.24) is 15.1 Å². The summed E-state index contributed by atoms with van der Waals surface area (Å²) in [6, 6.07) is 22.3. The van der Waals surface area contributed by atoms with E-state index < -0.39 is 30.3 Å². The van der Waals surface area contributed by atoms with E-state index in [0.717, 1.165) is 59.4 Å². The van der Waals surface area contributed by atoms with E-state index in [1.807, 2.05) is 72.8 Å². The van der Waals surface area contributed by atoms with Crippen LogP contribution in [-0.2, 0) is 32.2 Å². The number of likely N-dealkylation sites (tertiary alicyclic amines) is 2. The Hall–Kier alpha value is -3.77. The van der Waals surface area contributed by atoms with E-state index in [4.69, 9.17) is 9.47 Å². The number of aliphatic hydroxyl groups excluding tert-OH is 1. The van der Waals surface area contributed by atoms with Crippen LogP contribution < -0.4 is 5.32 Å². The second kappa shape index (κ2) is 15.2. The molecule has 0 radical (unpaired) electrons. The SMILES string of the molecule is O=C(NCc1cccc(-c2ccc([C@H]3O[C@@H](CN4CCCCC4)C[C@@H](c4ccc(CO)cc4)O3)cc2)c1)[C@@H]1CCCN1C(=O)C(F)(F)F. The monoisotopic (exact) mass is 665 g/mol. The number of hydrogen-bond acceptors (Lipinski definition) is 6. The molecule has 3 saturated heterocycles. The van der Waals surface area contributed by atoms with Crippen molar-refractivity contribution in [3.8, 4) is 11.1 Å². The Morgan fingerprint density at radius 3 is 2.27 bits per heavy atom. The van der Waals surface area contributed by atoms with Crippen LogP contribution in [0, 0.1) is 0 Å². The van der Waals surface area contributed by atoms with Crippen molar-refractivity contribution in [2.75, 3.05) is 26.2 Å². The average Bonchev–Trinajstić information content (AvgIpc) is 3.60. The molecule has 0 unspecified atom stereocenters. The Balaban J connectivity index is 1.12. The predicted octanol–water partition coefficient (Wildman–Crippen LogP) is 6.05. The van der Waals surface area contributed by atoms with Gasteiger partial charge in [-0.05, 0) is 72.7 Å². The molecule has 2 N–H and O–H groups in total. The molecule has 48 heavy (non-hydrogen) atoms. The summed E-state index contributed by atoms with van der Waals surface area (Å²) in [7, 11) is 0. The number of nitrogens with zero attached hydrogens (tertiary/aromatic N) is 2. The molecule has 3 heterocycles. The zero-order valence-corrected chi connectivity index (χ0v) is 26.8. The lowest BCUT2D eigenvalue weighted by atomic mass is 9.98. The van der Waals surface area contributed by atoms with Crippen molar-refractivity contribution >= 4 is 11.8 Å². The van der Waals surface area contributed by atoms with Crippen LogP contribution in [0.1, 0.15) is 73.2 Å². The molecule has 6 rings (SSSR count). The van der Waals surface area contributed by atoms with Crippen molar-refractivity contribution in [3.63, 3.8) is 0 Å². The fourth-order valence-electron chi connectivity index (χ4n) is 6.91. The van der Waals surface area contributed by atoms with Gasteiger partial charge in [0.25, 0.3) is 0 Å². The molecule has 11 heteroatoms. The zero-order chi connectivity index (χ0) is 33.7. The van der Waals surface area contributed by atoms with Gasteiger partial charge in [-0.3, -0.25) is 9.59 Å². The standard InChI is InChI=1S/C37H42F3N3O5/c38-37(39,40)36(46)43-19-5-8-32(43)34(45)41-22-26-6-4-7-30(20-26)27-13-15-29(16-14-27)35-47-31(23-42-17-2-1-3-18-42)21-33(48-35)28-11-9-25(24-44)10-12-28/h4,6-7,9-16,20,31-33,35,44H,1-3,5,8,17-19,21-24H2,(H,41,45)/t31-,32+,33+,35+/m1/s1. The summed E-state index contributed by atoms with van der Waals surface area (Å²) in [5.41, 5.74) is 5.45. The van der Waals surface area contributed by atoms with E-state index in [1.165, 1.54) is 19.3 Å². The van der Waals surface area contributed by atoms with Gasteiger partial charge >= 0.3 is 12.1 Å². The number of nitrogens with one attached hydrogen (secondary N) is 1. The smallest absolute Gasteiger partial charge is 0.392 e. The normalized spacial score (nSPS) is 23.6. The number of carbonyl (C=O) groups excluding carboxylic acids is 2. The second-order valence-electron chi connectivity index (χ2n) is 12.9. The molecule has 0 saturated carbocycles. The van der Waals surface area contributed by atoms with E-state index in [2.05, 4.69) is 10.2 Å². The minimum atomic E-state index is -5.01. The highest BCUT2D eigenvalue weighted by Crippen LogP contribution is 2.39. The Kier molecular flexibility index (Phi) is 10.8. The van der Waals surface area contributed by atoms with Crippen LogP contribution in [0.15, 0.2) is 72.8 Å².